The summed E-state index contributed by atoms with van der Waals surface area (Å²) in [6, 6.07) is 6.20. The van der Waals surface area contributed by atoms with Crippen LogP contribution in [0.5, 0.6) is 0 Å². The SMILES string of the molecule is CC(C)Nc1nc(Sc2ccc(F)cc2)cc(C(F)(F)F)n1. The quantitative estimate of drug-likeness (QED) is 0.656. The van der Waals surface area contributed by atoms with Crippen molar-refractivity contribution in [1.29, 1.82) is 0 Å². The molecule has 0 radical (unpaired) electrons. The fraction of sp³-hybridized carbons (Fsp3) is 0.286. The largest absolute Gasteiger partial charge is 0.433 e. The Balaban J connectivity index is 2.34. The van der Waals surface area contributed by atoms with Gasteiger partial charge in [0.05, 0.1) is 0 Å². The summed E-state index contributed by atoms with van der Waals surface area (Å²) in [7, 11) is 0. The van der Waals surface area contributed by atoms with E-state index in [1.54, 1.807) is 13.8 Å². The third kappa shape index (κ3) is 4.59. The molecule has 8 heteroatoms. The maximum atomic E-state index is 12.9. The van der Waals surface area contributed by atoms with Crippen LogP contribution in [0.3, 0.4) is 0 Å². The molecule has 0 spiro atoms. The van der Waals surface area contributed by atoms with Gasteiger partial charge in [-0.1, -0.05) is 11.8 Å². The number of nitrogens with one attached hydrogen (secondary N) is 1. The smallest absolute Gasteiger partial charge is 0.352 e. The highest BCUT2D eigenvalue weighted by Crippen LogP contribution is 2.33. The molecule has 1 N–H and O–H groups in total. The molecule has 1 heterocycles. The van der Waals surface area contributed by atoms with E-state index in [0.717, 1.165) is 17.8 Å². The van der Waals surface area contributed by atoms with E-state index in [2.05, 4.69) is 15.3 Å². The van der Waals surface area contributed by atoms with E-state index < -0.39 is 17.7 Å². The Morgan fingerprint density at radius 2 is 1.73 bits per heavy atom. The standard InChI is InChI=1S/C14H13F4N3S/c1-8(2)19-13-20-11(14(16,17)18)7-12(21-13)22-10-5-3-9(15)4-6-10/h3-8H,1-2H3,(H,19,20,21). The Labute approximate surface area is 129 Å². The third-order valence-electron chi connectivity index (χ3n) is 2.45. The molecule has 0 saturated heterocycles. The van der Waals surface area contributed by atoms with Gasteiger partial charge >= 0.3 is 6.18 Å². The average molecular weight is 331 g/mol. The summed E-state index contributed by atoms with van der Waals surface area (Å²) in [5.74, 6) is -0.500. The molecular weight excluding hydrogens is 318 g/mol. The first-order valence-corrected chi connectivity index (χ1v) is 7.22. The number of hydrogen-bond acceptors (Lipinski definition) is 4. The zero-order chi connectivity index (χ0) is 16.3. The van der Waals surface area contributed by atoms with Gasteiger partial charge in [-0.15, -0.1) is 0 Å². The highest BCUT2D eigenvalue weighted by Gasteiger charge is 2.33. The van der Waals surface area contributed by atoms with E-state index in [0.29, 0.717) is 4.90 Å². The van der Waals surface area contributed by atoms with Crippen LogP contribution in [-0.4, -0.2) is 16.0 Å². The van der Waals surface area contributed by atoms with Crippen molar-refractivity contribution < 1.29 is 17.6 Å². The Kier molecular flexibility index (Phi) is 4.90. The molecule has 1 aromatic heterocycles. The molecule has 118 valence electrons. The first kappa shape index (κ1) is 16.5. The minimum absolute atomic E-state index is 0.0885. The molecule has 0 aliphatic rings. The van der Waals surface area contributed by atoms with Crippen LogP contribution < -0.4 is 5.32 Å². The van der Waals surface area contributed by atoms with Crippen molar-refractivity contribution in [1.82, 2.24) is 9.97 Å². The van der Waals surface area contributed by atoms with Gasteiger partial charge in [-0.3, -0.25) is 0 Å². The van der Waals surface area contributed by atoms with E-state index in [1.165, 1.54) is 24.3 Å². The fourth-order valence-electron chi connectivity index (χ4n) is 1.57. The predicted octanol–water partition coefficient (Wildman–Crippen LogP) is 4.61. The first-order chi connectivity index (χ1) is 10.2. The van der Waals surface area contributed by atoms with Crippen LogP contribution in [0.1, 0.15) is 19.5 Å². The molecule has 0 aliphatic carbocycles. The summed E-state index contributed by atoms with van der Waals surface area (Å²) in [6.07, 6.45) is -4.56. The van der Waals surface area contributed by atoms with Gasteiger partial charge in [0.2, 0.25) is 5.95 Å². The molecule has 1 aromatic carbocycles. The highest BCUT2D eigenvalue weighted by atomic mass is 32.2. The second-order valence-electron chi connectivity index (χ2n) is 4.77. The molecule has 22 heavy (non-hydrogen) atoms. The number of halogens is 4. The number of rotatable bonds is 4. The molecule has 3 nitrogen and oxygen atoms in total. The Morgan fingerprint density at radius 3 is 2.27 bits per heavy atom. The maximum absolute atomic E-state index is 12.9. The minimum Gasteiger partial charge on any atom is -0.352 e. The molecule has 0 aliphatic heterocycles. The summed E-state index contributed by atoms with van der Waals surface area (Å²) >= 11 is 1.01. The average Bonchev–Trinajstić information content (AvgIpc) is 2.39. The lowest BCUT2D eigenvalue weighted by molar-refractivity contribution is -0.141. The molecule has 0 bridgehead atoms. The topological polar surface area (TPSA) is 37.8 Å². The van der Waals surface area contributed by atoms with Crippen molar-refractivity contribution >= 4 is 17.7 Å². The van der Waals surface area contributed by atoms with Crippen LogP contribution in [0.15, 0.2) is 40.3 Å². The van der Waals surface area contributed by atoms with E-state index in [1.807, 2.05) is 0 Å². The molecule has 2 rings (SSSR count). The number of anilines is 1. The normalized spacial score (nSPS) is 11.8. The van der Waals surface area contributed by atoms with Gasteiger partial charge in [-0.05, 0) is 38.1 Å². The van der Waals surface area contributed by atoms with Gasteiger partial charge < -0.3 is 5.32 Å². The monoisotopic (exact) mass is 331 g/mol. The summed E-state index contributed by atoms with van der Waals surface area (Å²) in [5, 5.41) is 2.89. The van der Waals surface area contributed by atoms with E-state index in [9.17, 15) is 17.6 Å². The summed E-state index contributed by atoms with van der Waals surface area (Å²) in [5.41, 5.74) is -1.02. The number of benzene rings is 1. The van der Waals surface area contributed by atoms with Gasteiger partial charge in [0.1, 0.15) is 10.8 Å². The van der Waals surface area contributed by atoms with Crippen molar-refractivity contribution in [3.63, 3.8) is 0 Å². The predicted molar refractivity (Wildman–Crippen MR) is 76.3 cm³/mol. The van der Waals surface area contributed by atoms with Crippen molar-refractivity contribution in [3.05, 3.63) is 41.8 Å². The van der Waals surface area contributed by atoms with Crippen LogP contribution in [-0.2, 0) is 6.18 Å². The number of alkyl halides is 3. The van der Waals surface area contributed by atoms with Crippen molar-refractivity contribution in [2.24, 2.45) is 0 Å². The molecular formula is C14H13F4N3S. The number of aromatic nitrogens is 2. The Bertz CT molecular complexity index is 642. The van der Waals surface area contributed by atoms with Crippen molar-refractivity contribution in [2.75, 3.05) is 5.32 Å². The van der Waals surface area contributed by atoms with Gasteiger partial charge in [0, 0.05) is 17.0 Å². The molecule has 0 amide bonds. The second-order valence-corrected chi connectivity index (χ2v) is 5.86. The second kappa shape index (κ2) is 6.51. The minimum atomic E-state index is -4.56. The summed E-state index contributed by atoms with van der Waals surface area (Å²) < 4.78 is 51.6. The lowest BCUT2D eigenvalue weighted by atomic mass is 10.3. The molecule has 0 atom stereocenters. The van der Waals surface area contributed by atoms with Crippen LogP contribution in [0.25, 0.3) is 0 Å². The fourth-order valence-corrected chi connectivity index (χ4v) is 2.38. The molecule has 0 fully saturated rings. The number of hydrogen-bond donors (Lipinski definition) is 1. The zero-order valence-electron chi connectivity index (χ0n) is 11.8. The summed E-state index contributed by atoms with van der Waals surface area (Å²) in [6.45, 7) is 3.55. The van der Waals surface area contributed by atoms with Crippen LogP contribution in [0.2, 0.25) is 0 Å². The van der Waals surface area contributed by atoms with Crippen molar-refractivity contribution in [2.45, 2.75) is 36.0 Å². The lowest BCUT2D eigenvalue weighted by Crippen LogP contribution is -2.16. The molecule has 2 aromatic rings. The van der Waals surface area contributed by atoms with Crippen LogP contribution in [0.4, 0.5) is 23.5 Å². The van der Waals surface area contributed by atoms with Gasteiger partial charge in [-0.25, -0.2) is 14.4 Å². The number of nitrogens with zero attached hydrogens (tertiary/aromatic N) is 2. The van der Waals surface area contributed by atoms with Gasteiger partial charge in [-0.2, -0.15) is 13.2 Å². The van der Waals surface area contributed by atoms with Gasteiger partial charge in [0.15, 0.2) is 5.69 Å². The Morgan fingerprint density at radius 1 is 1.09 bits per heavy atom. The highest BCUT2D eigenvalue weighted by molar-refractivity contribution is 7.99. The first-order valence-electron chi connectivity index (χ1n) is 6.40. The summed E-state index contributed by atoms with van der Waals surface area (Å²) in [4.78, 5) is 8.12. The van der Waals surface area contributed by atoms with Crippen LogP contribution in [0, 0.1) is 5.82 Å². The van der Waals surface area contributed by atoms with Crippen LogP contribution >= 0.6 is 11.8 Å². The zero-order valence-corrected chi connectivity index (χ0v) is 12.6. The maximum Gasteiger partial charge on any atom is 0.433 e. The molecule has 0 saturated carbocycles. The molecule has 0 unspecified atom stereocenters. The lowest BCUT2D eigenvalue weighted by Gasteiger charge is -2.13. The van der Waals surface area contributed by atoms with Crippen molar-refractivity contribution in [3.8, 4) is 0 Å². The van der Waals surface area contributed by atoms with E-state index in [4.69, 9.17) is 0 Å². The van der Waals surface area contributed by atoms with E-state index >= 15 is 0 Å². The Hall–Kier alpha value is -1.83. The third-order valence-corrected chi connectivity index (χ3v) is 3.37. The van der Waals surface area contributed by atoms with Gasteiger partial charge in [0.25, 0.3) is 0 Å². The van der Waals surface area contributed by atoms with E-state index in [-0.39, 0.29) is 17.0 Å².